The van der Waals surface area contributed by atoms with Crippen molar-refractivity contribution in [3.05, 3.63) is 35.2 Å². The molecule has 2 aromatic rings. The fourth-order valence-electron chi connectivity index (χ4n) is 2.69. The number of nitrogens with zero attached hydrogens (tertiary/aromatic N) is 4. The molecule has 0 amide bonds. The van der Waals surface area contributed by atoms with Gasteiger partial charge in [-0.1, -0.05) is 16.8 Å². The Kier molecular flexibility index (Phi) is 5.73. The number of hydrogen-bond donors (Lipinski definition) is 0. The lowest BCUT2D eigenvalue weighted by Crippen LogP contribution is -2.47. The summed E-state index contributed by atoms with van der Waals surface area (Å²) >= 11 is 5.88. The first-order valence-electron chi connectivity index (χ1n) is 8.10. The third-order valence-electron chi connectivity index (χ3n) is 4.17. The minimum Gasteiger partial charge on any atom is -0.338 e. The van der Waals surface area contributed by atoms with Crippen molar-refractivity contribution in [2.75, 3.05) is 44.7 Å². The third-order valence-corrected chi connectivity index (χ3v) is 5.35. The molecule has 0 radical (unpaired) electrons. The first-order chi connectivity index (χ1) is 11.9. The maximum atomic E-state index is 11.2. The second-order valence-corrected chi connectivity index (χ2v) is 8.96. The van der Waals surface area contributed by atoms with E-state index in [2.05, 4.69) is 19.9 Å². The van der Waals surface area contributed by atoms with Gasteiger partial charge in [0, 0.05) is 49.6 Å². The molecule has 9 heteroatoms. The van der Waals surface area contributed by atoms with Crippen LogP contribution in [-0.2, 0) is 16.4 Å². The number of hydrogen-bond acceptors (Lipinski definition) is 7. The molecule has 0 atom stereocenters. The lowest BCUT2D eigenvalue weighted by Gasteiger charge is -2.33. The van der Waals surface area contributed by atoms with Crippen LogP contribution in [0.4, 0.5) is 0 Å². The molecule has 0 aliphatic carbocycles. The molecule has 0 bridgehead atoms. The summed E-state index contributed by atoms with van der Waals surface area (Å²) in [6.07, 6.45) is 1.27. The highest BCUT2D eigenvalue weighted by Crippen LogP contribution is 2.19. The monoisotopic (exact) mass is 384 g/mol. The Labute approximate surface area is 152 Å². The fraction of sp³-hybridized carbons (Fsp3) is 0.500. The number of rotatable bonds is 6. The van der Waals surface area contributed by atoms with Crippen molar-refractivity contribution in [3.63, 3.8) is 0 Å². The Balaban J connectivity index is 1.50. The first-order valence-corrected chi connectivity index (χ1v) is 10.5. The van der Waals surface area contributed by atoms with Crippen LogP contribution < -0.4 is 0 Å². The molecule has 1 aromatic carbocycles. The van der Waals surface area contributed by atoms with Gasteiger partial charge < -0.3 is 4.52 Å². The van der Waals surface area contributed by atoms with Crippen molar-refractivity contribution in [1.29, 1.82) is 0 Å². The molecule has 1 aliphatic heterocycles. The van der Waals surface area contributed by atoms with E-state index in [1.165, 1.54) is 6.26 Å². The Morgan fingerprint density at radius 1 is 1.12 bits per heavy atom. The van der Waals surface area contributed by atoms with E-state index in [-0.39, 0.29) is 5.75 Å². The van der Waals surface area contributed by atoms with Gasteiger partial charge in [0.2, 0.25) is 11.7 Å². The topological polar surface area (TPSA) is 79.5 Å². The van der Waals surface area contributed by atoms with Gasteiger partial charge in [-0.25, -0.2) is 8.42 Å². The maximum Gasteiger partial charge on any atom is 0.241 e. The predicted molar refractivity (Wildman–Crippen MR) is 96.2 cm³/mol. The molecule has 1 aromatic heterocycles. The van der Waals surface area contributed by atoms with Crippen LogP contribution in [0.25, 0.3) is 11.4 Å². The normalized spacial score (nSPS) is 17.0. The summed E-state index contributed by atoms with van der Waals surface area (Å²) in [7, 11) is -2.91. The quantitative estimate of drug-likeness (QED) is 0.747. The minimum atomic E-state index is -2.91. The number of benzene rings is 1. The maximum absolute atomic E-state index is 11.2. The van der Waals surface area contributed by atoms with Crippen LogP contribution in [0.3, 0.4) is 0 Å². The van der Waals surface area contributed by atoms with Crippen LogP contribution in [0.2, 0.25) is 5.02 Å². The summed E-state index contributed by atoms with van der Waals surface area (Å²) in [6.45, 7) is 4.57. The standard InChI is InChI=1S/C16H21ClN4O3S/c1-25(22,23)11-10-20-6-8-21(9-7-20)12-15-18-16(19-24-15)13-2-4-14(17)5-3-13/h2-5H,6-12H2,1H3. The molecular formula is C16H21ClN4O3S. The highest BCUT2D eigenvalue weighted by atomic mass is 35.5. The van der Waals surface area contributed by atoms with Gasteiger partial charge in [-0.05, 0) is 24.3 Å². The van der Waals surface area contributed by atoms with E-state index in [1.54, 1.807) is 12.1 Å². The van der Waals surface area contributed by atoms with Gasteiger partial charge in [0.05, 0.1) is 12.3 Å². The van der Waals surface area contributed by atoms with Crippen LogP contribution in [0, 0.1) is 0 Å². The highest BCUT2D eigenvalue weighted by molar-refractivity contribution is 7.90. The minimum absolute atomic E-state index is 0.209. The van der Waals surface area contributed by atoms with E-state index in [1.807, 2.05) is 12.1 Å². The zero-order valence-electron chi connectivity index (χ0n) is 14.1. The molecule has 1 fully saturated rings. The Bertz CT molecular complexity index is 799. The molecule has 0 N–H and O–H groups in total. The predicted octanol–water partition coefficient (Wildman–Crippen LogP) is 1.55. The van der Waals surface area contributed by atoms with Gasteiger partial charge in [-0.3, -0.25) is 9.80 Å². The van der Waals surface area contributed by atoms with Gasteiger partial charge in [-0.2, -0.15) is 4.98 Å². The van der Waals surface area contributed by atoms with Crippen molar-refractivity contribution < 1.29 is 12.9 Å². The van der Waals surface area contributed by atoms with Crippen LogP contribution in [0.15, 0.2) is 28.8 Å². The zero-order chi connectivity index (χ0) is 17.9. The molecule has 136 valence electrons. The molecule has 0 saturated carbocycles. The summed E-state index contributed by atoms with van der Waals surface area (Å²) in [5.74, 6) is 1.34. The second kappa shape index (κ2) is 7.82. The van der Waals surface area contributed by atoms with Crippen molar-refractivity contribution in [3.8, 4) is 11.4 Å². The average Bonchev–Trinajstić information content (AvgIpc) is 3.03. The zero-order valence-corrected chi connectivity index (χ0v) is 15.6. The first kappa shape index (κ1) is 18.3. The molecule has 1 saturated heterocycles. The van der Waals surface area contributed by atoms with E-state index in [4.69, 9.17) is 16.1 Å². The molecule has 3 rings (SSSR count). The Hall–Kier alpha value is -1.48. The Morgan fingerprint density at radius 3 is 2.40 bits per heavy atom. The molecule has 0 spiro atoms. The summed E-state index contributed by atoms with van der Waals surface area (Å²) in [5.41, 5.74) is 0.866. The van der Waals surface area contributed by atoms with Crippen molar-refractivity contribution in [1.82, 2.24) is 19.9 Å². The number of sulfone groups is 1. The van der Waals surface area contributed by atoms with E-state index < -0.39 is 9.84 Å². The summed E-state index contributed by atoms with van der Waals surface area (Å²) in [4.78, 5) is 8.84. The third kappa shape index (κ3) is 5.50. The number of piperazine rings is 1. The molecule has 25 heavy (non-hydrogen) atoms. The fourth-order valence-corrected chi connectivity index (χ4v) is 3.41. The van der Waals surface area contributed by atoms with Gasteiger partial charge >= 0.3 is 0 Å². The van der Waals surface area contributed by atoms with Crippen molar-refractivity contribution in [2.24, 2.45) is 0 Å². The second-order valence-electron chi connectivity index (χ2n) is 6.27. The smallest absolute Gasteiger partial charge is 0.241 e. The van der Waals surface area contributed by atoms with Crippen LogP contribution in [-0.4, -0.2) is 73.1 Å². The van der Waals surface area contributed by atoms with Gasteiger partial charge in [0.25, 0.3) is 0 Å². The molecule has 7 nitrogen and oxygen atoms in total. The lowest BCUT2D eigenvalue weighted by atomic mass is 10.2. The van der Waals surface area contributed by atoms with Gasteiger partial charge in [-0.15, -0.1) is 0 Å². The average molecular weight is 385 g/mol. The molecule has 1 aliphatic rings. The lowest BCUT2D eigenvalue weighted by molar-refractivity contribution is 0.121. The summed E-state index contributed by atoms with van der Waals surface area (Å²) in [6, 6.07) is 7.31. The SMILES string of the molecule is CS(=O)(=O)CCN1CCN(Cc2nc(-c3ccc(Cl)cc3)no2)CC1. The summed E-state index contributed by atoms with van der Waals surface area (Å²) < 4.78 is 27.8. The summed E-state index contributed by atoms with van der Waals surface area (Å²) in [5, 5.41) is 4.69. The van der Waals surface area contributed by atoms with Crippen molar-refractivity contribution in [2.45, 2.75) is 6.54 Å². The van der Waals surface area contributed by atoms with Crippen molar-refractivity contribution >= 4 is 21.4 Å². The van der Waals surface area contributed by atoms with E-state index in [0.29, 0.717) is 29.8 Å². The molecular weight excluding hydrogens is 364 g/mol. The van der Waals surface area contributed by atoms with Crippen LogP contribution >= 0.6 is 11.6 Å². The van der Waals surface area contributed by atoms with Gasteiger partial charge in [0.15, 0.2) is 0 Å². The molecule has 2 heterocycles. The highest BCUT2D eigenvalue weighted by Gasteiger charge is 2.20. The van der Waals surface area contributed by atoms with E-state index >= 15 is 0 Å². The van der Waals surface area contributed by atoms with Crippen LogP contribution in [0.5, 0.6) is 0 Å². The molecule has 0 unspecified atom stereocenters. The number of aromatic nitrogens is 2. The van der Waals surface area contributed by atoms with E-state index in [9.17, 15) is 8.42 Å². The Morgan fingerprint density at radius 2 is 1.76 bits per heavy atom. The largest absolute Gasteiger partial charge is 0.338 e. The number of halogens is 1. The van der Waals surface area contributed by atoms with E-state index in [0.717, 1.165) is 31.7 Å². The van der Waals surface area contributed by atoms with Gasteiger partial charge in [0.1, 0.15) is 9.84 Å². The van der Waals surface area contributed by atoms with Crippen LogP contribution in [0.1, 0.15) is 5.89 Å².